The van der Waals surface area contributed by atoms with Gasteiger partial charge >= 0.3 is 5.97 Å². The number of aryl methyl sites for hydroxylation is 2. The molecule has 0 saturated heterocycles. The highest BCUT2D eigenvalue weighted by molar-refractivity contribution is 5.73. The molecule has 0 saturated carbocycles. The van der Waals surface area contributed by atoms with Crippen molar-refractivity contribution in [2.24, 2.45) is 0 Å². The Balaban J connectivity index is 2.30. The molecule has 21 heavy (non-hydrogen) atoms. The zero-order valence-corrected chi connectivity index (χ0v) is 12.8. The third kappa shape index (κ3) is 3.85. The Labute approximate surface area is 125 Å². The number of carboxylic acids is 1. The van der Waals surface area contributed by atoms with E-state index in [1.807, 2.05) is 42.2 Å². The predicted octanol–water partition coefficient (Wildman–Crippen LogP) is 3.70. The normalized spacial score (nSPS) is 10.4. The minimum absolute atomic E-state index is 0.00353. The zero-order valence-electron chi connectivity index (χ0n) is 12.8. The Kier molecular flexibility index (Phi) is 4.63. The van der Waals surface area contributed by atoms with Crippen LogP contribution in [0, 0.1) is 20.8 Å². The van der Waals surface area contributed by atoms with E-state index in [2.05, 4.69) is 26.0 Å². The molecule has 2 rings (SSSR count). The van der Waals surface area contributed by atoms with Crippen LogP contribution in [-0.4, -0.2) is 17.6 Å². The van der Waals surface area contributed by atoms with Gasteiger partial charge in [0.25, 0.3) is 0 Å². The second-order valence-corrected chi connectivity index (χ2v) is 5.44. The van der Waals surface area contributed by atoms with Gasteiger partial charge < -0.3 is 10.0 Å². The third-order valence-corrected chi connectivity index (χ3v) is 3.80. The van der Waals surface area contributed by atoms with Crippen molar-refractivity contribution in [3.05, 3.63) is 64.7 Å². The number of nitrogens with zero attached hydrogens (tertiary/aromatic N) is 1. The molecule has 110 valence electrons. The van der Waals surface area contributed by atoms with Gasteiger partial charge in [-0.15, -0.1) is 0 Å². The van der Waals surface area contributed by atoms with E-state index in [-0.39, 0.29) is 6.54 Å². The van der Waals surface area contributed by atoms with Crippen LogP contribution in [0.25, 0.3) is 0 Å². The predicted molar refractivity (Wildman–Crippen MR) is 85.8 cm³/mol. The Bertz CT molecular complexity index is 632. The summed E-state index contributed by atoms with van der Waals surface area (Å²) in [4.78, 5) is 13.0. The van der Waals surface area contributed by atoms with E-state index in [9.17, 15) is 4.79 Å². The molecule has 2 aromatic carbocycles. The molecule has 0 spiro atoms. The number of benzene rings is 2. The first kappa shape index (κ1) is 15.1. The van der Waals surface area contributed by atoms with Gasteiger partial charge in [-0.25, -0.2) is 0 Å². The van der Waals surface area contributed by atoms with Gasteiger partial charge in [-0.2, -0.15) is 0 Å². The average Bonchev–Trinajstić information content (AvgIpc) is 2.43. The SMILES string of the molecule is Cc1ccc(N(CC(=O)O)Cc2cccc(C)c2C)cc1. The summed E-state index contributed by atoms with van der Waals surface area (Å²) in [6, 6.07) is 14.1. The van der Waals surface area contributed by atoms with E-state index < -0.39 is 5.97 Å². The number of anilines is 1. The fourth-order valence-electron chi connectivity index (χ4n) is 2.35. The van der Waals surface area contributed by atoms with Gasteiger partial charge in [-0.1, -0.05) is 35.9 Å². The molecule has 3 nitrogen and oxygen atoms in total. The smallest absolute Gasteiger partial charge is 0.323 e. The molecule has 0 radical (unpaired) electrons. The van der Waals surface area contributed by atoms with Crippen LogP contribution in [-0.2, 0) is 11.3 Å². The van der Waals surface area contributed by atoms with E-state index in [4.69, 9.17) is 5.11 Å². The van der Waals surface area contributed by atoms with Crippen LogP contribution in [0.3, 0.4) is 0 Å². The maximum atomic E-state index is 11.2. The Morgan fingerprint density at radius 2 is 1.71 bits per heavy atom. The van der Waals surface area contributed by atoms with Crippen molar-refractivity contribution in [1.29, 1.82) is 0 Å². The molecular formula is C18H21NO2. The zero-order chi connectivity index (χ0) is 15.4. The molecule has 0 unspecified atom stereocenters. The van der Waals surface area contributed by atoms with Gasteiger partial charge in [-0.3, -0.25) is 4.79 Å². The van der Waals surface area contributed by atoms with Crippen LogP contribution < -0.4 is 4.90 Å². The van der Waals surface area contributed by atoms with Gasteiger partial charge in [0.15, 0.2) is 0 Å². The van der Waals surface area contributed by atoms with Crippen molar-refractivity contribution >= 4 is 11.7 Å². The van der Waals surface area contributed by atoms with Crippen molar-refractivity contribution < 1.29 is 9.90 Å². The fraction of sp³-hybridized carbons (Fsp3) is 0.278. The van der Waals surface area contributed by atoms with Crippen molar-refractivity contribution in [2.75, 3.05) is 11.4 Å². The van der Waals surface area contributed by atoms with Crippen molar-refractivity contribution in [3.8, 4) is 0 Å². The lowest BCUT2D eigenvalue weighted by Gasteiger charge is -2.24. The minimum Gasteiger partial charge on any atom is -0.480 e. The molecule has 0 aliphatic carbocycles. The van der Waals surface area contributed by atoms with E-state index >= 15 is 0 Å². The summed E-state index contributed by atoms with van der Waals surface area (Å²) < 4.78 is 0. The van der Waals surface area contributed by atoms with Gasteiger partial charge in [0.05, 0.1) is 0 Å². The highest BCUT2D eigenvalue weighted by atomic mass is 16.4. The number of carbonyl (C=O) groups is 1. The van der Waals surface area contributed by atoms with Crippen LogP contribution in [0.4, 0.5) is 5.69 Å². The molecule has 0 atom stereocenters. The van der Waals surface area contributed by atoms with Gasteiger partial charge in [-0.05, 0) is 49.6 Å². The molecule has 0 aromatic heterocycles. The highest BCUT2D eigenvalue weighted by Gasteiger charge is 2.13. The van der Waals surface area contributed by atoms with Crippen LogP contribution >= 0.6 is 0 Å². The number of carboxylic acid groups (broad SMARTS) is 1. The molecule has 0 amide bonds. The van der Waals surface area contributed by atoms with Crippen LogP contribution in [0.1, 0.15) is 22.3 Å². The third-order valence-electron chi connectivity index (χ3n) is 3.80. The second-order valence-electron chi connectivity index (χ2n) is 5.44. The minimum atomic E-state index is -0.819. The Morgan fingerprint density at radius 1 is 1.05 bits per heavy atom. The summed E-state index contributed by atoms with van der Waals surface area (Å²) in [5, 5.41) is 9.16. The molecule has 3 heteroatoms. The maximum Gasteiger partial charge on any atom is 0.323 e. The largest absolute Gasteiger partial charge is 0.480 e. The average molecular weight is 283 g/mol. The van der Waals surface area contributed by atoms with Crippen LogP contribution in [0.5, 0.6) is 0 Å². The van der Waals surface area contributed by atoms with Gasteiger partial charge in [0.1, 0.15) is 6.54 Å². The molecular weight excluding hydrogens is 262 g/mol. The number of hydrogen-bond acceptors (Lipinski definition) is 2. The summed E-state index contributed by atoms with van der Waals surface area (Å²) in [7, 11) is 0. The summed E-state index contributed by atoms with van der Waals surface area (Å²) >= 11 is 0. The van der Waals surface area contributed by atoms with Crippen LogP contribution in [0.15, 0.2) is 42.5 Å². The van der Waals surface area contributed by atoms with Crippen molar-refractivity contribution in [2.45, 2.75) is 27.3 Å². The highest BCUT2D eigenvalue weighted by Crippen LogP contribution is 2.20. The van der Waals surface area contributed by atoms with Gasteiger partial charge in [0.2, 0.25) is 0 Å². The first-order chi connectivity index (χ1) is 9.97. The van der Waals surface area contributed by atoms with E-state index in [0.29, 0.717) is 6.54 Å². The quantitative estimate of drug-likeness (QED) is 0.909. The number of rotatable bonds is 5. The molecule has 1 N–H and O–H groups in total. The molecule has 0 bridgehead atoms. The lowest BCUT2D eigenvalue weighted by Crippen LogP contribution is -2.29. The Hall–Kier alpha value is -2.29. The molecule has 0 fully saturated rings. The summed E-state index contributed by atoms with van der Waals surface area (Å²) in [5.74, 6) is -0.819. The first-order valence-corrected chi connectivity index (χ1v) is 7.06. The Morgan fingerprint density at radius 3 is 2.33 bits per heavy atom. The van der Waals surface area contributed by atoms with E-state index in [0.717, 1.165) is 11.3 Å². The topological polar surface area (TPSA) is 40.5 Å². The standard InChI is InChI=1S/C18H21NO2/c1-13-7-9-17(10-8-13)19(12-18(20)21)11-16-6-4-5-14(2)15(16)3/h4-10H,11-12H2,1-3H3,(H,20,21). The second kappa shape index (κ2) is 6.44. The van der Waals surface area contributed by atoms with Crippen molar-refractivity contribution in [3.63, 3.8) is 0 Å². The molecule has 0 aliphatic heterocycles. The summed E-state index contributed by atoms with van der Waals surface area (Å²) in [5.41, 5.74) is 5.72. The van der Waals surface area contributed by atoms with Crippen LogP contribution in [0.2, 0.25) is 0 Å². The number of aliphatic carboxylic acids is 1. The summed E-state index contributed by atoms with van der Waals surface area (Å²) in [6.07, 6.45) is 0. The van der Waals surface area contributed by atoms with Crippen molar-refractivity contribution in [1.82, 2.24) is 0 Å². The first-order valence-electron chi connectivity index (χ1n) is 7.06. The lowest BCUT2D eigenvalue weighted by molar-refractivity contribution is -0.135. The molecule has 2 aromatic rings. The van der Waals surface area contributed by atoms with E-state index in [1.165, 1.54) is 16.7 Å². The van der Waals surface area contributed by atoms with E-state index in [1.54, 1.807) is 0 Å². The maximum absolute atomic E-state index is 11.2. The molecule has 0 heterocycles. The monoisotopic (exact) mass is 283 g/mol. The summed E-state index contributed by atoms with van der Waals surface area (Å²) in [6.45, 7) is 6.78. The number of hydrogen-bond donors (Lipinski definition) is 1. The fourth-order valence-corrected chi connectivity index (χ4v) is 2.35. The van der Waals surface area contributed by atoms with Gasteiger partial charge in [0, 0.05) is 12.2 Å². The molecule has 0 aliphatic rings. The lowest BCUT2D eigenvalue weighted by atomic mass is 10.0.